The van der Waals surface area contributed by atoms with Crippen LogP contribution < -0.4 is 4.52 Å². The third-order valence-corrected chi connectivity index (χ3v) is 11.4. The molecule has 1 rings (SSSR count). The minimum atomic E-state index is -4.02. The highest BCUT2D eigenvalue weighted by molar-refractivity contribution is 9.25. The van der Waals surface area contributed by atoms with Crippen LogP contribution in [0.3, 0.4) is 0 Å². The van der Waals surface area contributed by atoms with Crippen LogP contribution >= 0.6 is 106 Å². The van der Waals surface area contributed by atoms with Crippen molar-refractivity contribution in [1.29, 1.82) is 0 Å². The van der Waals surface area contributed by atoms with E-state index in [0.717, 1.165) is 0 Å². The molecule has 150 valence electrons. The Morgan fingerprint density at radius 2 is 1.54 bits per heavy atom. The van der Waals surface area contributed by atoms with Gasteiger partial charge in [0.25, 0.3) is 0 Å². The third kappa shape index (κ3) is 8.37. The van der Waals surface area contributed by atoms with Gasteiger partial charge in [0.05, 0.1) is 15.2 Å². The topological polar surface area (TPSA) is 44.8 Å². The van der Waals surface area contributed by atoms with Crippen LogP contribution in [0.25, 0.3) is 0 Å². The lowest BCUT2D eigenvalue weighted by Crippen LogP contribution is -2.33. The number of phosphoric ester groups is 1. The number of hydrogen-bond donors (Lipinski definition) is 0. The van der Waals surface area contributed by atoms with Gasteiger partial charge in [-0.15, -0.1) is 34.8 Å². The Labute approximate surface area is 202 Å². The molecule has 4 nitrogen and oxygen atoms in total. The third-order valence-electron chi connectivity index (χ3n) is 3.06. The SMILES string of the molecule is O=P(OCC(CCl)(CCl)CCl)(Oc1ccccc1)OC(Br)C(Br)C(Br)Br. The maximum atomic E-state index is 13.2. The summed E-state index contributed by atoms with van der Waals surface area (Å²) in [5.41, 5.74) is -0.757. The van der Waals surface area contributed by atoms with Crippen LogP contribution in [-0.2, 0) is 13.6 Å². The molecule has 0 fully saturated rings. The Morgan fingerprint density at radius 3 is 2.00 bits per heavy atom. The maximum Gasteiger partial charge on any atom is 0.531 e. The zero-order valence-corrected chi connectivity index (χ0v) is 22.7. The van der Waals surface area contributed by atoms with E-state index in [1.54, 1.807) is 30.3 Å². The lowest BCUT2D eigenvalue weighted by atomic mass is 9.98. The minimum Gasteiger partial charge on any atom is -0.404 e. The first kappa shape index (κ1) is 26.0. The molecule has 26 heavy (non-hydrogen) atoms. The molecule has 1 aromatic rings. The molecule has 0 spiro atoms. The van der Waals surface area contributed by atoms with Crippen molar-refractivity contribution in [1.82, 2.24) is 0 Å². The summed E-state index contributed by atoms with van der Waals surface area (Å²) >= 11 is 31.3. The van der Waals surface area contributed by atoms with Crippen molar-refractivity contribution in [3.8, 4) is 5.75 Å². The highest BCUT2D eigenvalue weighted by Crippen LogP contribution is 2.53. The van der Waals surface area contributed by atoms with E-state index in [1.165, 1.54) is 0 Å². The molecule has 0 heterocycles. The van der Waals surface area contributed by atoms with Crippen molar-refractivity contribution in [2.75, 3.05) is 24.2 Å². The summed E-state index contributed by atoms with van der Waals surface area (Å²) in [6.45, 7) is -0.0909. The van der Waals surface area contributed by atoms with Gasteiger partial charge < -0.3 is 4.52 Å². The molecule has 0 aliphatic rings. The molecule has 0 bridgehead atoms. The van der Waals surface area contributed by atoms with E-state index in [2.05, 4.69) is 63.7 Å². The van der Waals surface area contributed by atoms with Gasteiger partial charge in [-0.05, 0) is 12.1 Å². The van der Waals surface area contributed by atoms with E-state index >= 15 is 0 Å². The van der Waals surface area contributed by atoms with Crippen LogP contribution in [0.5, 0.6) is 5.75 Å². The van der Waals surface area contributed by atoms with Gasteiger partial charge in [0.15, 0.2) is 0 Å². The minimum absolute atomic E-state index is 0.0909. The molecule has 0 amide bonds. The molecule has 3 atom stereocenters. The monoisotopic (exact) mass is 700 g/mol. The van der Waals surface area contributed by atoms with Gasteiger partial charge in [-0.25, -0.2) is 4.57 Å². The second-order valence-corrected chi connectivity index (χ2v) is 12.8. The number of halogens is 7. The molecular formula is C14H16Br4Cl3O4P. The number of para-hydroxylation sites is 1. The second kappa shape index (κ2) is 12.6. The van der Waals surface area contributed by atoms with Gasteiger partial charge in [0.1, 0.15) is 10.8 Å². The van der Waals surface area contributed by atoms with Crippen molar-refractivity contribution in [2.45, 2.75) is 13.6 Å². The number of benzene rings is 1. The smallest absolute Gasteiger partial charge is 0.404 e. The molecule has 0 aromatic heterocycles. The second-order valence-electron chi connectivity index (χ2n) is 5.26. The average Bonchev–Trinajstić information content (AvgIpc) is 2.63. The number of alkyl halides is 7. The average molecular weight is 705 g/mol. The molecular weight excluding hydrogens is 689 g/mol. The Hall–Kier alpha value is 1.96. The summed E-state index contributed by atoms with van der Waals surface area (Å²) in [4.78, 5) is -0.280. The molecule has 0 aliphatic heterocycles. The van der Waals surface area contributed by atoms with Crippen LogP contribution in [0.4, 0.5) is 0 Å². The summed E-state index contributed by atoms with van der Waals surface area (Å²) < 4.78 is 29.7. The zero-order chi connectivity index (χ0) is 19.8. The first-order valence-corrected chi connectivity index (χ1v) is 13.9. The van der Waals surface area contributed by atoms with Crippen LogP contribution in [-0.4, -0.2) is 37.8 Å². The molecule has 0 saturated heterocycles. The van der Waals surface area contributed by atoms with E-state index < -0.39 is 18.3 Å². The summed E-state index contributed by atoms with van der Waals surface area (Å²) in [7, 11) is -4.02. The summed E-state index contributed by atoms with van der Waals surface area (Å²) in [5, 5.41) is -0.696. The van der Waals surface area contributed by atoms with Gasteiger partial charge in [-0.3, -0.25) is 9.05 Å². The predicted octanol–water partition coefficient (Wildman–Crippen LogP) is 7.51. The van der Waals surface area contributed by atoms with E-state index in [4.69, 9.17) is 48.4 Å². The van der Waals surface area contributed by atoms with Gasteiger partial charge in [0, 0.05) is 23.1 Å². The lowest BCUT2D eigenvalue weighted by molar-refractivity contribution is 0.115. The van der Waals surface area contributed by atoms with Crippen molar-refractivity contribution in [3.05, 3.63) is 30.3 Å². The Bertz CT molecular complexity index is 572. The van der Waals surface area contributed by atoms with Crippen LogP contribution in [0.15, 0.2) is 30.3 Å². The van der Waals surface area contributed by atoms with Crippen molar-refractivity contribution in [3.63, 3.8) is 0 Å². The largest absolute Gasteiger partial charge is 0.531 e. The fourth-order valence-electron chi connectivity index (χ4n) is 1.42. The number of rotatable bonds is 12. The molecule has 0 saturated carbocycles. The highest BCUT2D eigenvalue weighted by Gasteiger charge is 2.39. The Kier molecular flexibility index (Phi) is 12.6. The Balaban J connectivity index is 2.99. The van der Waals surface area contributed by atoms with E-state index in [9.17, 15) is 4.57 Å². The maximum absolute atomic E-state index is 13.2. The predicted molar refractivity (Wildman–Crippen MR) is 123 cm³/mol. The fourth-order valence-corrected chi connectivity index (χ4v) is 6.43. The molecule has 3 unspecified atom stereocenters. The summed E-state index contributed by atoms with van der Waals surface area (Å²) in [6.07, 6.45) is 0. The Morgan fingerprint density at radius 1 is 1.00 bits per heavy atom. The number of hydrogen-bond acceptors (Lipinski definition) is 4. The normalized spacial score (nSPS) is 16.9. The van der Waals surface area contributed by atoms with E-state index in [0.29, 0.717) is 5.75 Å². The van der Waals surface area contributed by atoms with Gasteiger partial charge in [-0.1, -0.05) is 81.9 Å². The quantitative estimate of drug-likeness (QED) is 0.167. The highest BCUT2D eigenvalue weighted by atomic mass is 79.9. The van der Waals surface area contributed by atoms with Gasteiger partial charge in [-0.2, -0.15) is 0 Å². The molecule has 0 aliphatic carbocycles. The first-order chi connectivity index (χ1) is 12.2. The molecule has 0 N–H and O–H groups in total. The van der Waals surface area contributed by atoms with Crippen molar-refractivity contribution < 1.29 is 18.1 Å². The van der Waals surface area contributed by atoms with Crippen LogP contribution in [0.1, 0.15) is 0 Å². The standard InChI is InChI=1S/C14H16Br4Cl3O4P/c15-11(12(16)17)13(18)25-26(22,24-10-4-2-1-3-5-10)23-9-14(6-19,7-20)8-21/h1-5,11-13H,6-9H2. The van der Waals surface area contributed by atoms with Crippen LogP contribution in [0, 0.1) is 5.41 Å². The zero-order valence-electron chi connectivity index (χ0n) is 13.2. The van der Waals surface area contributed by atoms with Gasteiger partial charge >= 0.3 is 7.82 Å². The summed E-state index contributed by atoms with van der Waals surface area (Å²) in [6, 6.07) is 8.58. The summed E-state index contributed by atoms with van der Waals surface area (Å²) in [5.74, 6) is 0.739. The molecule has 0 radical (unpaired) electrons. The van der Waals surface area contributed by atoms with E-state index in [1.807, 2.05) is 0 Å². The van der Waals surface area contributed by atoms with Crippen molar-refractivity contribution in [2.24, 2.45) is 5.41 Å². The first-order valence-electron chi connectivity index (χ1n) is 7.13. The number of phosphoric acid groups is 1. The van der Waals surface area contributed by atoms with Crippen molar-refractivity contribution >= 4 is 106 Å². The molecule has 1 aromatic carbocycles. The fraction of sp³-hybridized carbons (Fsp3) is 0.571. The van der Waals surface area contributed by atoms with Crippen LogP contribution in [0.2, 0.25) is 0 Å². The lowest BCUT2D eigenvalue weighted by Gasteiger charge is -2.30. The van der Waals surface area contributed by atoms with E-state index in [-0.39, 0.29) is 32.8 Å². The molecule has 12 heteroatoms. The van der Waals surface area contributed by atoms with Gasteiger partial charge in [0.2, 0.25) is 0 Å².